The lowest BCUT2D eigenvalue weighted by molar-refractivity contribution is 0.131. The van der Waals surface area contributed by atoms with Crippen LogP contribution in [0, 0.1) is 30.6 Å². The van der Waals surface area contributed by atoms with Crippen molar-refractivity contribution in [2.75, 3.05) is 6.61 Å². The van der Waals surface area contributed by atoms with E-state index in [4.69, 9.17) is 4.18 Å². The molecule has 2 aliphatic carbocycles. The maximum absolute atomic E-state index is 12.3. The van der Waals surface area contributed by atoms with Crippen LogP contribution in [0.5, 0.6) is 0 Å². The molecular weight excluding hydrogens is 344 g/mol. The Morgan fingerprint density at radius 1 is 0.962 bits per heavy atom. The van der Waals surface area contributed by atoms with Crippen molar-refractivity contribution in [2.24, 2.45) is 23.7 Å². The van der Waals surface area contributed by atoms with E-state index in [0.717, 1.165) is 36.2 Å². The number of hydrogen-bond donors (Lipinski definition) is 0. The van der Waals surface area contributed by atoms with Gasteiger partial charge < -0.3 is 0 Å². The van der Waals surface area contributed by atoms with Crippen molar-refractivity contribution in [1.29, 1.82) is 0 Å². The summed E-state index contributed by atoms with van der Waals surface area (Å²) in [7, 11) is -3.63. The van der Waals surface area contributed by atoms with E-state index in [1.54, 1.807) is 12.1 Å². The van der Waals surface area contributed by atoms with Crippen molar-refractivity contribution in [3.8, 4) is 0 Å². The van der Waals surface area contributed by atoms with Crippen LogP contribution in [-0.2, 0) is 14.3 Å². The molecule has 2 fully saturated rings. The summed E-state index contributed by atoms with van der Waals surface area (Å²) in [5, 5.41) is 0. The largest absolute Gasteiger partial charge is 0.296 e. The lowest BCUT2D eigenvalue weighted by Gasteiger charge is -2.37. The van der Waals surface area contributed by atoms with Crippen LogP contribution >= 0.6 is 0 Å². The number of hydrogen-bond acceptors (Lipinski definition) is 3. The highest BCUT2D eigenvalue weighted by Gasteiger charge is 2.31. The third kappa shape index (κ3) is 4.98. The molecule has 1 aromatic carbocycles. The summed E-state index contributed by atoms with van der Waals surface area (Å²) >= 11 is 0. The molecule has 144 valence electrons. The highest BCUT2D eigenvalue weighted by molar-refractivity contribution is 7.86. The van der Waals surface area contributed by atoms with Crippen molar-refractivity contribution in [1.82, 2.24) is 0 Å². The third-order valence-electron chi connectivity index (χ3n) is 6.48. The van der Waals surface area contributed by atoms with Crippen LogP contribution < -0.4 is 0 Å². The van der Waals surface area contributed by atoms with E-state index in [0.29, 0.717) is 12.5 Å². The van der Waals surface area contributed by atoms with Gasteiger partial charge in [0.1, 0.15) is 0 Å². The predicted octanol–water partition coefficient (Wildman–Crippen LogP) is 5.50. The lowest BCUT2D eigenvalue weighted by Crippen LogP contribution is -2.27. The van der Waals surface area contributed by atoms with Gasteiger partial charge in [-0.05, 0) is 94.1 Å². The molecule has 0 unspecified atom stereocenters. The van der Waals surface area contributed by atoms with Gasteiger partial charge >= 0.3 is 0 Å². The van der Waals surface area contributed by atoms with E-state index >= 15 is 0 Å². The second-order valence-corrected chi connectivity index (χ2v) is 9.86. The Hall–Kier alpha value is -1.13. The lowest BCUT2D eigenvalue weighted by atomic mass is 9.69. The Morgan fingerprint density at radius 2 is 1.50 bits per heavy atom. The van der Waals surface area contributed by atoms with Crippen LogP contribution in [0.15, 0.2) is 41.8 Å². The first-order valence-corrected chi connectivity index (χ1v) is 11.5. The second-order valence-electron chi connectivity index (χ2n) is 8.24. The van der Waals surface area contributed by atoms with E-state index in [2.05, 4.69) is 12.7 Å². The Labute approximate surface area is 159 Å². The second kappa shape index (κ2) is 8.71. The molecule has 0 aliphatic heterocycles. The smallest absolute Gasteiger partial charge is 0.266 e. The molecule has 4 heteroatoms. The van der Waals surface area contributed by atoms with Crippen molar-refractivity contribution in [3.05, 3.63) is 42.5 Å². The maximum atomic E-state index is 12.3. The highest BCUT2D eigenvalue weighted by atomic mass is 32.2. The molecule has 26 heavy (non-hydrogen) atoms. The zero-order chi connectivity index (χ0) is 18.6. The van der Waals surface area contributed by atoms with Crippen LogP contribution in [0.2, 0.25) is 0 Å². The van der Waals surface area contributed by atoms with Gasteiger partial charge in [-0.25, -0.2) is 0 Å². The van der Waals surface area contributed by atoms with E-state index < -0.39 is 10.1 Å². The fraction of sp³-hybridized carbons (Fsp3) is 0.636. The summed E-state index contributed by atoms with van der Waals surface area (Å²) in [6.45, 7) is 6.20. The minimum atomic E-state index is -3.63. The summed E-state index contributed by atoms with van der Waals surface area (Å²) < 4.78 is 30.0. The molecule has 0 N–H and O–H groups in total. The van der Waals surface area contributed by atoms with E-state index in [1.165, 1.54) is 38.5 Å². The van der Waals surface area contributed by atoms with Gasteiger partial charge in [-0.2, -0.15) is 8.42 Å². The maximum Gasteiger partial charge on any atom is 0.296 e. The SMILES string of the molecule is C=CC1CCC(C2CCC(COS(=O)(=O)c3ccc(C)cc3)CC2)CC1. The summed E-state index contributed by atoms with van der Waals surface area (Å²) in [5.41, 5.74) is 1.05. The van der Waals surface area contributed by atoms with Crippen molar-refractivity contribution >= 4 is 10.1 Å². The van der Waals surface area contributed by atoms with Gasteiger partial charge in [0, 0.05) is 0 Å². The predicted molar refractivity (Wildman–Crippen MR) is 105 cm³/mol. The number of aryl methyl sites for hydroxylation is 1. The van der Waals surface area contributed by atoms with Crippen molar-refractivity contribution < 1.29 is 12.6 Å². The van der Waals surface area contributed by atoms with Crippen LogP contribution in [0.3, 0.4) is 0 Å². The summed E-state index contributed by atoms with van der Waals surface area (Å²) in [6.07, 6.45) is 12.0. The van der Waals surface area contributed by atoms with Gasteiger partial charge in [-0.15, -0.1) is 6.58 Å². The van der Waals surface area contributed by atoms with Gasteiger partial charge in [0.05, 0.1) is 11.5 Å². The standard InChI is InChI=1S/C22H32O3S/c1-3-18-6-10-20(11-7-18)21-12-8-19(9-13-21)16-25-26(23,24)22-14-4-17(2)5-15-22/h3-5,14-15,18-21H,1,6-13,16H2,2H3. The third-order valence-corrected chi connectivity index (χ3v) is 7.77. The monoisotopic (exact) mass is 376 g/mol. The van der Waals surface area contributed by atoms with Crippen molar-refractivity contribution in [2.45, 2.75) is 63.2 Å². The zero-order valence-corrected chi connectivity index (χ0v) is 16.7. The molecule has 3 nitrogen and oxygen atoms in total. The molecule has 0 spiro atoms. The Kier molecular flexibility index (Phi) is 6.57. The first-order chi connectivity index (χ1) is 12.5. The molecule has 1 aromatic rings. The van der Waals surface area contributed by atoms with Gasteiger partial charge in [0.2, 0.25) is 0 Å². The molecule has 2 saturated carbocycles. The molecule has 2 aliphatic rings. The molecule has 0 aromatic heterocycles. The fourth-order valence-corrected chi connectivity index (χ4v) is 5.61. The van der Waals surface area contributed by atoms with Crippen LogP contribution in [0.25, 0.3) is 0 Å². The van der Waals surface area contributed by atoms with Crippen LogP contribution in [0.4, 0.5) is 0 Å². The Bertz CT molecular complexity index is 677. The summed E-state index contributed by atoms with van der Waals surface area (Å²) in [4.78, 5) is 0.260. The van der Waals surface area contributed by atoms with Crippen LogP contribution in [0.1, 0.15) is 56.9 Å². The fourth-order valence-electron chi connectivity index (χ4n) is 4.64. The van der Waals surface area contributed by atoms with Gasteiger partial charge in [0.25, 0.3) is 10.1 Å². The average molecular weight is 377 g/mol. The molecule has 0 atom stereocenters. The van der Waals surface area contributed by atoms with Crippen LogP contribution in [-0.4, -0.2) is 15.0 Å². The molecule has 0 bridgehead atoms. The number of benzene rings is 1. The van der Waals surface area contributed by atoms with Crippen molar-refractivity contribution in [3.63, 3.8) is 0 Å². The summed E-state index contributed by atoms with van der Waals surface area (Å²) in [6, 6.07) is 6.87. The van der Waals surface area contributed by atoms with E-state index in [1.807, 2.05) is 19.1 Å². The first kappa shape index (κ1) is 19.6. The van der Waals surface area contributed by atoms with Gasteiger partial charge in [-0.3, -0.25) is 4.18 Å². The molecule has 0 saturated heterocycles. The topological polar surface area (TPSA) is 43.4 Å². The quantitative estimate of drug-likeness (QED) is 0.486. The summed E-state index contributed by atoms with van der Waals surface area (Å²) in [5.74, 6) is 2.79. The molecule has 3 rings (SSSR count). The van der Waals surface area contributed by atoms with Gasteiger partial charge in [0.15, 0.2) is 0 Å². The molecule has 0 radical (unpaired) electrons. The minimum Gasteiger partial charge on any atom is -0.266 e. The average Bonchev–Trinajstić information content (AvgIpc) is 2.67. The number of allylic oxidation sites excluding steroid dienone is 1. The number of rotatable bonds is 6. The molecular formula is C22H32O3S. The zero-order valence-electron chi connectivity index (χ0n) is 15.9. The Morgan fingerprint density at radius 3 is 2.04 bits per heavy atom. The first-order valence-electron chi connectivity index (χ1n) is 10.1. The highest BCUT2D eigenvalue weighted by Crippen LogP contribution is 2.41. The molecule has 0 heterocycles. The van der Waals surface area contributed by atoms with E-state index in [9.17, 15) is 8.42 Å². The normalized spacial score (nSPS) is 30.0. The van der Waals surface area contributed by atoms with E-state index in [-0.39, 0.29) is 4.90 Å². The molecule has 0 amide bonds. The van der Waals surface area contributed by atoms with Gasteiger partial charge in [-0.1, -0.05) is 23.8 Å². The minimum absolute atomic E-state index is 0.260. The Balaban J connectivity index is 1.44.